The van der Waals surface area contributed by atoms with E-state index in [2.05, 4.69) is 13.8 Å². The smallest absolute Gasteiger partial charge is 0.187 e. The zero-order valence-electron chi connectivity index (χ0n) is 16.3. The first kappa shape index (κ1) is 21.1. The van der Waals surface area contributed by atoms with Gasteiger partial charge in [-0.1, -0.05) is 26.0 Å². The van der Waals surface area contributed by atoms with Crippen molar-refractivity contribution in [1.29, 1.82) is 0 Å². The van der Waals surface area contributed by atoms with Crippen molar-refractivity contribution in [3.8, 4) is 0 Å². The summed E-state index contributed by atoms with van der Waals surface area (Å²) in [7, 11) is 0. The van der Waals surface area contributed by atoms with Crippen LogP contribution in [0.1, 0.15) is 40.5 Å². The van der Waals surface area contributed by atoms with Crippen LogP contribution in [0.25, 0.3) is 0 Å². The molecule has 2 heterocycles. The molecule has 0 radical (unpaired) electrons. The molecule has 5 N–H and O–H groups in total. The molecule has 0 aromatic rings. The van der Waals surface area contributed by atoms with Gasteiger partial charge in [0.15, 0.2) is 6.29 Å². The summed E-state index contributed by atoms with van der Waals surface area (Å²) < 4.78 is 17.1. The fourth-order valence-electron chi connectivity index (χ4n) is 4.78. The first-order valence-electron chi connectivity index (χ1n) is 9.50. The van der Waals surface area contributed by atoms with Crippen LogP contribution in [0.5, 0.6) is 0 Å². The van der Waals surface area contributed by atoms with Crippen LogP contribution in [0.4, 0.5) is 0 Å². The summed E-state index contributed by atoms with van der Waals surface area (Å²) in [6.07, 6.45) is -2.39. The van der Waals surface area contributed by atoms with E-state index in [1.54, 1.807) is 6.92 Å². The highest BCUT2D eigenvalue weighted by Crippen LogP contribution is 2.66. The minimum atomic E-state index is -1.47. The third-order valence-electron chi connectivity index (χ3n) is 6.31. The Kier molecular flexibility index (Phi) is 5.51. The SMILES string of the molecule is CC(/C=C/C12OC1(C)CC(O)CC2(C)C)O[C@@H]1O[C@H](CO)[C@@H](O)[C@H](O)[C@H]1O. The highest BCUT2D eigenvalue weighted by Gasteiger charge is 2.74. The lowest BCUT2D eigenvalue weighted by molar-refractivity contribution is -0.306. The van der Waals surface area contributed by atoms with Gasteiger partial charge in [0.25, 0.3) is 0 Å². The zero-order valence-corrected chi connectivity index (χ0v) is 16.3. The molecule has 0 spiro atoms. The molecule has 0 amide bonds. The Labute approximate surface area is 159 Å². The number of ether oxygens (including phenoxy) is 3. The third-order valence-corrected chi connectivity index (χ3v) is 6.31. The van der Waals surface area contributed by atoms with Gasteiger partial charge in [0.1, 0.15) is 35.6 Å². The summed E-state index contributed by atoms with van der Waals surface area (Å²) in [5.74, 6) is 0. The molecule has 1 saturated carbocycles. The number of rotatable bonds is 5. The van der Waals surface area contributed by atoms with Gasteiger partial charge in [0.2, 0.25) is 0 Å². The van der Waals surface area contributed by atoms with E-state index >= 15 is 0 Å². The molecule has 27 heavy (non-hydrogen) atoms. The lowest BCUT2D eigenvalue weighted by Gasteiger charge is -2.40. The normalized spacial score (nSPS) is 50.4. The molecule has 0 bridgehead atoms. The number of hydrogen-bond donors (Lipinski definition) is 5. The predicted octanol–water partition coefficient (Wildman–Crippen LogP) is -0.544. The standard InChI is InChI=1S/C19H32O8/c1-10(25-16-15(24)14(23)13(22)12(9-20)26-16)5-6-19-17(2,3)7-11(21)8-18(19,4)27-19/h5-6,10-16,20-24H,7-9H2,1-4H3/b6-5+/t10?,11?,12-,13-,14+,15-,16-,18?,19?/m1/s1. The van der Waals surface area contributed by atoms with Gasteiger partial charge in [-0.15, -0.1) is 0 Å². The maximum absolute atomic E-state index is 10.1. The Bertz CT molecular complexity index is 578. The van der Waals surface area contributed by atoms with Gasteiger partial charge in [-0.3, -0.25) is 0 Å². The largest absolute Gasteiger partial charge is 0.394 e. The van der Waals surface area contributed by atoms with E-state index in [1.165, 1.54) is 0 Å². The molecule has 2 aliphatic heterocycles. The van der Waals surface area contributed by atoms with Crippen molar-refractivity contribution in [3.63, 3.8) is 0 Å². The van der Waals surface area contributed by atoms with Crippen LogP contribution in [-0.2, 0) is 14.2 Å². The van der Waals surface area contributed by atoms with Crippen molar-refractivity contribution in [2.24, 2.45) is 5.41 Å². The van der Waals surface area contributed by atoms with Gasteiger partial charge in [-0.05, 0) is 20.3 Å². The number of aliphatic hydroxyl groups excluding tert-OH is 5. The average Bonchev–Trinajstić information content (AvgIpc) is 3.19. The lowest BCUT2D eigenvalue weighted by Crippen LogP contribution is -2.59. The minimum absolute atomic E-state index is 0.251. The Balaban J connectivity index is 1.67. The number of aliphatic hydroxyl groups is 5. The van der Waals surface area contributed by atoms with E-state index in [0.717, 1.165) is 0 Å². The van der Waals surface area contributed by atoms with Gasteiger partial charge in [0, 0.05) is 11.8 Å². The number of epoxide rings is 1. The van der Waals surface area contributed by atoms with Gasteiger partial charge >= 0.3 is 0 Å². The summed E-state index contributed by atoms with van der Waals surface area (Å²) in [6, 6.07) is 0. The highest BCUT2D eigenvalue weighted by atomic mass is 16.7. The van der Waals surface area contributed by atoms with Crippen molar-refractivity contribution in [2.45, 2.75) is 94.7 Å². The first-order valence-corrected chi connectivity index (χ1v) is 9.50. The van der Waals surface area contributed by atoms with Crippen LogP contribution < -0.4 is 0 Å². The quantitative estimate of drug-likeness (QED) is 0.313. The second kappa shape index (κ2) is 7.03. The van der Waals surface area contributed by atoms with Crippen LogP contribution in [-0.4, -0.2) is 86.3 Å². The second-order valence-electron chi connectivity index (χ2n) is 8.91. The van der Waals surface area contributed by atoms with Crippen LogP contribution in [0.3, 0.4) is 0 Å². The number of hydrogen-bond acceptors (Lipinski definition) is 8. The van der Waals surface area contributed by atoms with Crippen molar-refractivity contribution < 1.29 is 39.7 Å². The monoisotopic (exact) mass is 388 g/mol. The molecule has 156 valence electrons. The Morgan fingerprint density at radius 3 is 2.33 bits per heavy atom. The minimum Gasteiger partial charge on any atom is -0.394 e. The van der Waals surface area contributed by atoms with E-state index in [0.29, 0.717) is 12.8 Å². The molecule has 8 nitrogen and oxygen atoms in total. The molecule has 9 atom stereocenters. The molecule has 0 aromatic heterocycles. The van der Waals surface area contributed by atoms with Crippen molar-refractivity contribution in [2.75, 3.05) is 6.61 Å². The van der Waals surface area contributed by atoms with Crippen molar-refractivity contribution >= 4 is 0 Å². The van der Waals surface area contributed by atoms with Crippen LogP contribution in [0.15, 0.2) is 12.2 Å². The molecular weight excluding hydrogens is 356 g/mol. The maximum atomic E-state index is 10.1. The van der Waals surface area contributed by atoms with E-state index < -0.39 is 60.7 Å². The summed E-state index contributed by atoms with van der Waals surface area (Å²) in [4.78, 5) is 0. The Hall–Kier alpha value is -0.580. The fourth-order valence-corrected chi connectivity index (χ4v) is 4.78. The first-order chi connectivity index (χ1) is 12.5. The molecule has 2 saturated heterocycles. The third kappa shape index (κ3) is 3.47. The van der Waals surface area contributed by atoms with E-state index in [4.69, 9.17) is 14.2 Å². The molecule has 0 aromatic carbocycles. The molecule has 3 fully saturated rings. The molecule has 1 aliphatic carbocycles. The van der Waals surface area contributed by atoms with Gasteiger partial charge < -0.3 is 39.7 Å². The summed E-state index contributed by atoms with van der Waals surface area (Å²) >= 11 is 0. The van der Waals surface area contributed by atoms with Crippen LogP contribution in [0.2, 0.25) is 0 Å². The topological polar surface area (TPSA) is 132 Å². The van der Waals surface area contributed by atoms with Gasteiger partial charge in [0.05, 0.1) is 18.8 Å². The predicted molar refractivity (Wildman–Crippen MR) is 94.7 cm³/mol. The highest BCUT2D eigenvalue weighted by molar-refractivity contribution is 5.32. The molecular formula is C19H32O8. The van der Waals surface area contributed by atoms with E-state index in [-0.39, 0.29) is 5.41 Å². The summed E-state index contributed by atoms with van der Waals surface area (Å²) in [5, 5.41) is 49.1. The van der Waals surface area contributed by atoms with Gasteiger partial charge in [-0.2, -0.15) is 0 Å². The van der Waals surface area contributed by atoms with Crippen LogP contribution in [0, 0.1) is 5.41 Å². The summed E-state index contributed by atoms with van der Waals surface area (Å²) in [5.41, 5.74) is -1.17. The number of fused-ring (bicyclic) bond motifs is 1. The summed E-state index contributed by atoms with van der Waals surface area (Å²) in [6.45, 7) is 7.38. The fraction of sp³-hybridized carbons (Fsp3) is 0.895. The molecule has 3 rings (SSSR count). The van der Waals surface area contributed by atoms with Gasteiger partial charge in [-0.25, -0.2) is 0 Å². The Morgan fingerprint density at radius 1 is 1.07 bits per heavy atom. The van der Waals surface area contributed by atoms with Crippen molar-refractivity contribution in [3.05, 3.63) is 12.2 Å². The average molecular weight is 388 g/mol. The second-order valence-corrected chi connectivity index (χ2v) is 8.91. The maximum Gasteiger partial charge on any atom is 0.187 e. The molecule has 3 aliphatic rings. The Morgan fingerprint density at radius 2 is 1.74 bits per heavy atom. The zero-order chi connectivity index (χ0) is 20.2. The van der Waals surface area contributed by atoms with E-state index in [9.17, 15) is 25.5 Å². The molecule has 8 heteroatoms. The van der Waals surface area contributed by atoms with E-state index in [1.807, 2.05) is 19.1 Å². The van der Waals surface area contributed by atoms with Crippen molar-refractivity contribution in [1.82, 2.24) is 0 Å². The lowest BCUT2D eigenvalue weighted by atomic mass is 9.63. The molecule has 4 unspecified atom stereocenters. The van der Waals surface area contributed by atoms with Crippen LogP contribution >= 0.6 is 0 Å².